The Bertz CT molecular complexity index is 121. The van der Waals surface area contributed by atoms with Gasteiger partial charge < -0.3 is 0 Å². The van der Waals surface area contributed by atoms with Crippen molar-refractivity contribution in [1.82, 2.24) is 0 Å². The van der Waals surface area contributed by atoms with Gasteiger partial charge in [-0.3, -0.25) is 0 Å². The van der Waals surface area contributed by atoms with Crippen LogP contribution in [0.5, 0.6) is 0 Å². The standard InChI is InChI=1S/C9H14/c1-4-9-7(2)5-6-8(9)3/h4-9H,1H2,2-3H3. The van der Waals surface area contributed by atoms with Gasteiger partial charge in [0.1, 0.15) is 0 Å². The molecule has 0 aliphatic heterocycles. The van der Waals surface area contributed by atoms with Gasteiger partial charge in [-0.25, -0.2) is 0 Å². The van der Waals surface area contributed by atoms with Crippen molar-refractivity contribution in [3.63, 3.8) is 0 Å². The molecule has 0 fully saturated rings. The molecule has 1 rings (SSSR count). The summed E-state index contributed by atoms with van der Waals surface area (Å²) in [6, 6.07) is 0. The van der Waals surface area contributed by atoms with Gasteiger partial charge in [0, 0.05) is 0 Å². The minimum Gasteiger partial charge on any atom is -0.103 e. The van der Waals surface area contributed by atoms with E-state index in [-0.39, 0.29) is 0 Å². The first-order chi connectivity index (χ1) is 4.25. The van der Waals surface area contributed by atoms with E-state index in [9.17, 15) is 0 Å². The summed E-state index contributed by atoms with van der Waals surface area (Å²) in [4.78, 5) is 0. The Kier molecular flexibility index (Phi) is 1.75. The van der Waals surface area contributed by atoms with Crippen molar-refractivity contribution < 1.29 is 0 Å². The summed E-state index contributed by atoms with van der Waals surface area (Å²) in [6.07, 6.45) is 6.61. The van der Waals surface area contributed by atoms with Crippen LogP contribution in [0.4, 0.5) is 0 Å². The third kappa shape index (κ3) is 1.07. The average Bonchev–Trinajstić information content (AvgIpc) is 2.12. The van der Waals surface area contributed by atoms with Crippen molar-refractivity contribution in [2.75, 3.05) is 0 Å². The van der Waals surface area contributed by atoms with Gasteiger partial charge in [0.2, 0.25) is 0 Å². The third-order valence-electron chi connectivity index (χ3n) is 2.20. The van der Waals surface area contributed by atoms with Crippen molar-refractivity contribution in [2.45, 2.75) is 13.8 Å². The second-order valence-electron chi connectivity index (χ2n) is 2.92. The topological polar surface area (TPSA) is 0 Å². The number of allylic oxidation sites excluding steroid dienone is 3. The maximum Gasteiger partial charge on any atom is -0.0116 e. The predicted octanol–water partition coefficient (Wildman–Crippen LogP) is 2.63. The van der Waals surface area contributed by atoms with Crippen LogP contribution in [0, 0.1) is 17.8 Å². The maximum absolute atomic E-state index is 3.80. The minimum absolute atomic E-state index is 0.685. The van der Waals surface area contributed by atoms with E-state index in [2.05, 4.69) is 38.7 Å². The summed E-state index contributed by atoms with van der Waals surface area (Å²) in [6.45, 7) is 8.29. The maximum atomic E-state index is 3.80. The quantitative estimate of drug-likeness (QED) is 0.469. The Morgan fingerprint density at radius 3 is 1.89 bits per heavy atom. The highest BCUT2D eigenvalue weighted by Gasteiger charge is 2.21. The molecule has 0 heteroatoms. The van der Waals surface area contributed by atoms with E-state index in [1.165, 1.54) is 0 Å². The molecule has 0 aromatic rings. The molecule has 0 heterocycles. The van der Waals surface area contributed by atoms with Gasteiger partial charge in [0.15, 0.2) is 0 Å². The normalized spacial score (nSPS) is 41.3. The molecule has 0 N–H and O–H groups in total. The first-order valence-electron chi connectivity index (χ1n) is 3.56. The summed E-state index contributed by atoms with van der Waals surface area (Å²) < 4.78 is 0. The van der Waals surface area contributed by atoms with E-state index in [0.717, 1.165) is 0 Å². The molecule has 2 unspecified atom stereocenters. The molecule has 0 spiro atoms. The first kappa shape index (κ1) is 6.60. The molecule has 1 aliphatic rings. The van der Waals surface area contributed by atoms with Gasteiger partial charge in [0.05, 0.1) is 0 Å². The SMILES string of the molecule is C=CC1C(C)C=CC1C. The zero-order valence-corrected chi connectivity index (χ0v) is 6.17. The molecule has 50 valence electrons. The first-order valence-corrected chi connectivity index (χ1v) is 3.56. The summed E-state index contributed by atoms with van der Waals surface area (Å²) in [5.41, 5.74) is 0. The smallest absolute Gasteiger partial charge is 0.0116 e. The number of hydrogen-bond donors (Lipinski definition) is 0. The van der Waals surface area contributed by atoms with Crippen LogP contribution in [0.1, 0.15) is 13.8 Å². The zero-order chi connectivity index (χ0) is 6.85. The Balaban J connectivity index is 2.63. The van der Waals surface area contributed by atoms with Crippen molar-refractivity contribution in [3.05, 3.63) is 24.8 Å². The van der Waals surface area contributed by atoms with Crippen molar-refractivity contribution in [3.8, 4) is 0 Å². The third-order valence-corrected chi connectivity index (χ3v) is 2.20. The van der Waals surface area contributed by atoms with Gasteiger partial charge in [-0.05, 0) is 17.8 Å². The molecule has 0 bridgehead atoms. The molecule has 9 heavy (non-hydrogen) atoms. The van der Waals surface area contributed by atoms with Crippen LogP contribution in [-0.2, 0) is 0 Å². The highest BCUT2D eigenvalue weighted by Crippen LogP contribution is 2.30. The predicted molar refractivity (Wildman–Crippen MR) is 41.2 cm³/mol. The summed E-state index contributed by atoms with van der Waals surface area (Å²) in [7, 11) is 0. The van der Waals surface area contributed by atoms with Crippen LogP contribution in [0.2, 0.25) is 0 Å². The average molecular weight is 122 g/mol. The molecule has 0 aromatic carbocycles. The Hall–Kier alpha value is -0.520. The molecule has 0 saturated carbocycles. The second-order valence-corrected chi connectivity index (χ2v) is 2.92. The summed E-state index contributed by atoms with van der Waals surface area (Å²) in [5.74, 6) is 2.10. The fourth-order valence-electron chi connectivity index (χ4n) is 1.52. The van der Waals surface area contributed by atoms with Crippen LogP contribution in [0.3, 0.4) is 0 Å². The molecular weight excluding hydrogens is 108 g/mol. The summed E-state index contributed by atoms with van der Waals surface area (Å²) in [5, 5.41) is 0. The van der Waals surface area contributed by atoms with E-state index < -0.39 is 0 Å². The van der Waals surface area contributed by atoms with E-state index >= 15 is 0 Å². The number of hydrogen-bond acceptors (Lipinski definition) is 0. The van der Waals surface area contributed by atoms with E-state index in [0.29, 0.717) is 17.8 Å². The highest BCUT2D eigenvalue weighted by molar-refractivity contribution is 5.08. The van der Waals surface area contributed by atoms with Crippen LogP contribution in [0.15, 0.2) is 24.8 Å². The molecule has 0 aromatic heterocycles. The fraction of sp³-hybridized carbons (Fsp3) is 0.556. The van der Waals surface area contributed by atoms with Crippen LogP contribution in [-0.4, -0.2) is 0 Å². The van der Waals surface area contributed by atoms with Crippen molar-refractivity contribution in [1.29, 1.82) is 0 Å². The van der Waals surface area contributed by atoms with E-state index in [4.69, 9.17) is 0 Å². The largest absolute Gasteiger partial charge is 0.103 e. The molecule has 1 aliphatic carbocycles. The molecule has 0 saturated heterocycles. The lowest BCUT2D eigenvalue weighted by Crippen LogP contribution is -2.07. The van der Waals surface area contributed by atoms with Crippen LogP contribution in [0.25, 0.3) is 0 Å². The molecule has 2 atom stereocenters. The van der Waals surface area contributed by atoms with Gasteiger partial charge in [-0.1, -0.05) is 32.1 Å². The summed E-state index contributed by atoms with van der Waals surface area (Å²) >= 11 is 0. The minimum atomic E-state index is 0.685. The Labute approximate surface area is 57.3 Å². The number of rotatable bonds is 1. The van der Waals surface area contributed by atoms with E-state index in [1.807, 2.05) is 0 Å². The monoisotopic (exact) mass is 122 g/mol. The zero-order valence-electron chi connectivity index (χ0n) is 6.17. The molecule has 0 radical (unpaired) electrons. The van der Waals surface area contributed by atoms with Gasteiger partial charge >= 0.3 is 0 Å². The highest BCUT2D eigenvalue weighted by atomic mass is 14.3. The van der Waals surface area contributed by atoms with Crippen LogP contribution < -0.4 is 0 Å². The Morgan fingerprint density at radius 2 is 1.67 bits per heavy atom. The van der Waals surface area contributed by atoms with E-state index in [1.54, 1.807) is 0 Å². The molecular formula is C9H14. The van der Waals surface area contributed by atoms with Gasteiger partial charge in [-0.15, -0.1) is 6.58 Å². The van der Waals surface area contributed by atoms with Gasteiger partial charge in [0.25, 0.3) is 0 Å². The fourth-order valence-corrected chi connectivity index (χ4v) is 1.52. The van der Waals surface area contributed by atoms with Gasteiger partial charge in [-0.2, -0.15) is 0 Å². The molecule has 0 amide bonds. The van der Waals surface area contributed by atoms with Crippen LogP contribution >= 0.6 is 0 Å². The Morgan fingerprint density at radius 1 is 1.22 bits per heavy atom. The lowest BCUT2D eigenvalue weighted by molar-refractivity contribution is 0.456. The lowest BCUT2D eigenvalue weighted by Gasteiger charge is -2.14. The molecule has 0 nitrogen and oxygen atoms in total. The second kappa shape index (κ2) is 2.38. The van der Waals surface area contributed by atoms with Crippen molar-refractivity contribution in [2.24, 2.45) is 17.8 Å². The lowest BCUT2D eigenvalue weighted by atomic mass is 9.91. The van der Waals surface area contributed by atoms with Crippen molar-refractivity contribution >= 4 is 0 Å².